The van der Waals surface area contributed by atoms with Gasteiger partial charge in [0.2, 0.25) is 0 Å². The number of rotatable bonds is 3. The Morgan fingerprint density at radius 2 is 2.11 bits per heavy atom. The van der Waals surface area contributed by atoms with Crippen molar-refractivity contribution in [1.82, 2.24) is 5.32 Å². The Morgan fingerprint density at radius 1 is 1.42 bits per heavy atom. The molecule has 1 aromatic carbocycles. The summed E-state index contributed by atoms with van der Waals surface area (Å²) in [5.74, 6) is 0.00597. The maximum atomic E-state index is 12.1. The Kier molecular flexibility index (Phi) is 4.04. The zero-order valence-corrected chi connectivity index (χ0v) is 11.1. The highest BCUT2D eigenvalue weighted by atomic mass is 16.2. The third-order valence-electron chi connectivity index (χ3n) is 3.53. The van der Waals surface area contributed by atoms with Crippen LogP contribution in [-0.2, 0) is 0 Å². The van der Waals surface area contributed by atoms with Gasteiger partial charge in [0.05, 0.1) is 0 Å². The quantitative estimate of drug-likeness (QED) is 0.574. The molecule has 4 N–H and O–H groups in total. The Morgan fingerprint density at radius 3 is 2.74 bits per heavy atom. The molecule has 2 rings (SSSR count). The fourth-order valence-electron chi connectivity index (χ4n) is 2.34. The Labute approximate surface area is 113 Å². The standard InChI is InChI=1S/C14H20N4O/c1-18(14(19)17-11-6-2-3-7-11)12-8-4-5-10(9-12)13(15)16/h4-5,8-9,11H,2-3,6-7H2,1H3,(H3,15,16)(H,17,19). The van der Waals surface area contributed by atoms with Crippen LogP contribution in [0.1, 0.15) is 31.2 Å². The second-order valence-electron chi connectivity index (χ2n) is 4.95. The van der Waals surface area contributed by atoms with E-state index in [0.717, 1.165) is 18.5 Å². The predicted molar refractivity (Wildman–Crippen MR) is 76.6 cm³/mol. The maximum Gasteiger partial charge on any atom is 0.321 e. The summed E-state index contributed by atoms with van der Waals surface area (Å²) >= 11 is 0. The minimum Gasteiger partial charge on any atom is -0.384 e. The van der Waals surface area contributed by atoms with Gasteiger partial charge in [-0.1, -0.05) is 25.0 Å². The third-order valence-corrected chi connectivity index (χ3v) is 3.53. The number of nitrogen functional groups attached to an aromatic ring is 1. The molecular formula is C14H20N4O. The topological polar surface area (TPSA) is 82.2 Å². The molecule has 1 aliphatic carbocycles. The molecule has 0 aromatic heterocycles. The van der Waals surface area contributed by atoms with E-state index in [0.29, 0.717) is 11.6 Å². The molecule has 1 aromatic rings. The van der Waals surface area contributed by atoms with Crippen molar-refractivity contribution in [2.75, 3.05) is 11.9 Å². The van der Waals surface area contributed by atoms with Crippen LogP contribution in [0.25, 0.3) is 0 Å². The monoisotopic (exact) mass is 260 g/mol. The van der Waals surface area contributed by atoms with E-state index in [1.807, 2.05) is 6.07 Å². The summed E-state index contributed by atoms with van der Waals surface area (Å²) in [6.45, 7) is 0. The van der Waals surface area contributed by atoms with E-state index in [9.17, 15) is 4.79 Å². The molecule has 0 atom stereocenters. The molecular weight excluding hydrogens is 240 g/mol. The lowest BCUT2D eigenvalue weighted by atomic mass is 10.2. The largest absolute Gasteiger partial charge is 0.384 e. The molecule has 0 bridgehead atoms. The average molecular weight is 260 g/mol. The van der Waals surface area contributed by atoms with Crippen LogP contribution in [0, 0.1) is 5.41 Å². The smallest absolute Gasteiger partial charge is 0.321 e. The number of hydrogen-bond donors (Lipinski definition) is 3. The van der Waals surface area contributed by atoms with Gasteiger partial charge >= 0.3 is 6.03 Å². The molecule has 1 fully saturated rings. The van der Waals surface area contributed by atoms with Gasteiger partial charge in [-0.2, -0.15) is 0 Å². The summed E-state index contributed by atoms with van der Waals surface area (Å²) in [7, 11) is 1.73. The van der Waals surface area contributed by atoms with E-state index in [1.54, 1.807) is 30.1 Å². The molecule has 0 radical (unpaired) electrons. The van der Waals surface area contributed by atoms with Crippen molar-refractivity contribution >= 4 is 17.6 Å². The van der Waals surface area contributed by atoms with Gasteiger partial charge in [-0.15, -0.1) is 0 Å². The van der Waals surface area contributed by atoms with Crippen molar-refractivity contribution in [3.63, 3.8) is 0 Å². The van der Waals surface area contributed by atoms with E-state index in [-0.39, 0.29) is 11.9 Å². The average Bonchev–Trinajstić information content (AvgIpc) is 2.90. The fraction of sp³-hybridized carbons (Fsp3) is 0.429. The van der Waals surface area contributed by atoms with E-state index >= 15 is 0 Å². The number of benzene rings is 1. The van der Waals surface area contributed by atoms with E-state index in [1.165, 1.54) is 12.8 Å². The molecule has 5 heteroatoms. The molecule has 2 amide bonds. The van der Waals surface area contributed by atoms with Gasteiger partial charge in [0.15, 0.2) is 0 Å². The first-order chi connectivity index (χ1) is 9.08. The van der Waals surface area contributed by atoms with E-state index < -0.39 is 0 Å². The van der Waals surface area contributed by atoms with Crippen LogP contribution in [0.15, 0.2) is 24.3 Å². The summed E-state index contributed by atoms with van der Waals surface area (Å²) in [5, 5.41) is 10.4. The first kappa shape index (κ1) is 13.4. The van der Waals surface area contributed by atoms with Crippen LogP contribution in [0.4, 0.5) is 10.5 Å². The molecule has 0 saturated heterocycles. The zero-order chi connectivity index (χ0) is 13.8. The van der Waals surface area contributed by atoms with Crippen molar-refractivity contribution in [3.8, 4) is 0 Å². The highest BCUT2D eigenvalue weighted by Gasteiger charge is 2.19. The zero-order valence-electron chi connectivity index (χ0n) is 11.1. The number of nitrogens with two attached hydrogens (primary N) is 1. The van der Waals surface area contributed by atoms with Crippen LogP contribution in [0.5, 0.6) is 0 Å². The SMILES string of the molecule is CN(C(=O)NC1CCCC1)c1cccc(C(=N)N)c1. The number of carbonyl (C=O) groups excluding carboxylic acids is 1. The summed E-state index contributed by atoms with van der Waals surface area (Å²) in [5.41, 5.74) is 6.82. The fourth-order valence-corrected chi connectivity index (χ4v) is 2.34. The molecule has 0 spiro atoms. The molecule has 0 aliphatic heterocycles. The summed E-state index contributed by atoms with van der Waals surface area (Å²) in [6.07, 6.45) is 4.50. The second kappa shape index (κ2) is 5.73. The van der Waals surface area contributed by atoms with Crippen LogP contribution in [0.3, 0.4) is 0 Å². The van der Waals surface area contributed by atoms with Gasteiger partial charge < -0.3 is 11.1 Å². The van der Waals surface area contributed by atoms with Gasteiger partial charge in [0.1, 0.15) is 5.84 Å². The molecule has 19 heavy (non-hydrogen) atoms. The first-order valence-electron chi connectivity index (χ1n) is 6.56. The number of urea groups is 1. The number of amides is 2. The molecule has 0 heterocycles. The molecule has 0 unspecified atom stereocenters. The van der Waals surface area contributed by atoms with Crippen LogP contribution in [0.2, 0.25) is 0 Å². The number of carbonyl (C=O) groups is 1. The normalized spacial score (nSPS) is 15.2. The number of nitrogens with zero attached hydrogens (tertiary/aromatic N) is 1. The van der Waals surface area contributed by atoms with Crippen LogP contribution >= 0.6 is 0 Å². The van der Waals surface area contributed by atoms with Crippen molar-refractivity contribution in [3.05, 3.63) is 29.8 Å². The summed E-state index contributed by atoms with van der Waals surface area (Å²) in [4.78, 5) is 13.7. The first-order valence-corrected chi connectivity index (χ1v) is 6.56. The Bertz CT molecular complexity index is 480. The molecule has 1 aliphatic rings. The minimum absolute atomic E-state index is 0.00597. The lowest BCUT2D eigenvalue weighted by Crippen LogP contribution is -2.42. The highest BCUT2D eigenvalue weighted by Crippen LogP contribution is 2.19. The number of anilines is 1. The molecule has 102 valence electrons. The summed E-state index contributed by atoms with van der Waals surface area (Å²) < 4.78 is 0. The maximum absolute atomic E-state index is 12.1. The lowest BCUT2D eigenvalue weighted by molar-refractivity contribution is 0.244. The molecule has 5 nitrogen and oxygen atoms in total. The lowest BCUT2D eigenvalue weighted by Gasteiger charge is -2.21. The van der Waals surface area contributed by atoms with Crippen molar-refractivity contribution < 1.29 is 4.79 Å². The summed E-state index contributed by atoms with van der Waals surface area (Å²) in [6, 6.07) is 7.33. The van der Waals surface area contributed by atoms with Gasteiger partial charge in [0, 0.05) is 24.3 Å². The van der Waals surface area contributed by atoms with E-state index in [4.69, 9.17) is 11.1 Å². The highest BCUT2D eigenvalue weighted by molar-refractivity contribution is 5.98. The minimum atomic E-state index is -0.104. The van der Waals surface area contributed by atoms with E-state index in [2.05, 4.69) is 5.32 Å². The van der Waals surface area contributed by atoms with Crippen molar-refractivity contribution in [1.29, 1.82) is 5.41 Å². The number of amidine groups is 1. The van der Waals surface area contributed by atoms with Crippen LogP contribution < -0.4 is 16.0 Å². The second-order valence-corrected chi connectivity index (χ2v) is 4.95. The van der Waals surface area contributed by atoms with Gasteiger partial charge in [-0.25, -0.2) is 4.79 Å². The molecule has 1 saturated carbocycles. The number of nitrogens with one attached hydrogen (secondary N) is 2. The number of hydrogen-bond acceptors (Lipinski definition) is 2. The Balaban J connectivity index is 2.05. The van der Waals surface area contributed by atoms with Gasteiger partial charge in [-0.3, -0.25) is 10.3 Å². The van der Waals surface area contributed by atoms with Crippen molar-refractivity contribution in [2.45, 2.75) is 31.7 Å². The predicted octanol–water partition coefficient (Wildman–Crippen LogP) is 2.06. The van der Waals surface area contributed by atoms with Gasteiger partial charge in [0.25, 0.3) is 0 Å². The van der Waals surface area contributed by atoms with Gasteiger partial charge in [-0.05, 0) is 25.0 Å². The van der Waals surface area contributed by atoms with Crippen LogP contribution in [-0.4, -0.2) is 25.0 Å². The Hall–Kier alpha value is -2.04. The van der Waals surface area contributed by atoms with Crippen molar-refractivity contribution in [2.24, 2.45) is 5.73 Å². The third kappa shape index (κ3) is 3.24.